The van der Waals surface area contributed by atoms with E-state index in [0.29, 0.717) is 6.42 Å². The lowest BCUT2D eigenvalue weighted by Gasteiger charge is -2.19. The quantitative estimate of drug-likeness (QED) is 0.0265. The maximum Gasteiger partial charge on any atom is 0.472 e. The lowest BCUT2D eigenvalue weighted by atomic mass is 10.0. The Bertz CT molecular complexity index is 1170. The summed E-state index contributed by atoms with van der Waals surface area (Å²) in [5, 5.41) is 0. The zero-order valence-corrected chi connectivity index (χ0v) is 41.7. The lowest BCUT2D eigenvalue weighted by molar-refractivity contribution is -0.161. The normalized spacial score (nSPS) is 13.5. The molecule has 0 saturated heterocycles. The van der Waals surface area contributed by atoms with Gasteiger partial charge in [0.1, 0.15) is 6.61 Å². The van der Waals surface area contributed by atoms with Gasteiger partial charge in [0.15, 0.2) is 6.10 Å². The van der Waals surface area contributed by atoms with Crippen LogP contribution >= 0.6 is 7.82 Å². The van der Waals surface area contributed by atoms with Gasteiger partial charge in [0.25, 0.3) is 0 Å². The van der Waals surface area contributed by atoms with Crippen LogP contribution in [0.5, 0.6) is 0 Å². The van der Waals surface area contributed by atoms with E-state index in [-0.39, 0.29) is 32.6 Å². The summed E-state index contributed by atoms with van der Waals surface area (Å²) in [6, 6.07) is 0. The molecule has 0 saturated carbocycles. The molecule has 0 aliphatic rings. The summed E-state index contributed by atoms with van der Waals surface area (Å²) in [6.07, 6.45) is 59.2. The fraction of sp³-hybridized carbons (Fsp3) is 0.811. The van der Waals surface area contributed by atoms with Crippen molar-refractivity contribution in [3.63, 3.8) is 0 Å². The molecule has 0 aromatic carbocycles. The van der Waals surface area contributed by atoms with Crippen molar-refractivity contribution in [2.24, 2.45) is 5.73 Å². The second-order valence-electron chi connectivity index (χ2n) is 17.4. The van der Waals surface area contributed by atoms with Gasteiger partial charge in [0.2, 0.25) is 0 Å². The standard InChI is InChI=1S/C53H98NO8P/c1-3-5-7-9-11-13-15-17-18-19-20-21-22-23-24-25-26-27-28-29-30-31-32-34-35-37-39-41-43-45-52(55)59-49-51(50-61-63(57,58)60-48-47-54)62-53(56)46-44-42-40-38-36-33-16-14-12-10-8-6-4-2/h6,8,12,14,33,36,40,42,51H,3-5,7,9-11,13,15-32,34-35,37-39,41,43-50,54H2,1-2H3,(H,57,58)/b8-6-,14-12-,36-33-,42-40-. The molecular weight excluding hydrogens is 810 g/mol. The van der Waals surface area contributed by atoms with E-state index in [9.17, 15) is 19.0 Å². The van der Waals surface area contributed by atoms with Crippen molar-refractivity contribution in [2.45, 2.75) is 251 Å². The largest absolute Gasteiger partial charge is 0.472 e. The van der Waals surface area contributed by atoms with Crippen molar-refractivity contribution in [1.82, 2.24) is 0 Å². The van der Waals surface area contributed by atoms with Gasteiger partial charge in [-0.05, 0) is 38.5 Å². The van der Waals surface area contributed by atoms with Crippen LogP contribution in [-0.4, -0.2) is 49.3 Å². The Kier molecular flexibility index (Phi) is 47.8. The van der Waals surface area contributed by atoms with Crippen LogP contribution < -0.4 is 5.73 Å². The highest BCUT2D eigenvalue weighted by Crippen LogP contribution is 2.43. The van der Waals surface area contributed by atoms with Crippen molar-refractivity contribution >= 4 is 19.8 Å². The maximum absolute atomic E-state index is 12.5. The van der Waals surface area contributed by atoms with Crippen LogP contribution in [-0.2, 0) is 32.7 Å². The summed E-state index contributed by atoms with van der Waals surface area (Å²) in [5.74, 6) is -0.916. The van der Waals surface area contributed by atoms with Gasteiger partial charge >= 0.3 is 19.8 Å². The molecule has 63 heavy (non-hydrogen) atoms. The molecule has 0 aliphatic carbocycles. The van der Waals surface area contributed by atoms with E-state index < -0.39 is 32.5 Å². The number of allylic oxidation sites excluding steroid dienone is 8. The Balaban J connectivity index is 3.91. The third-order valence-electron chi connectivity index (χ3n) is 11.2. The third kappa shape index (κ3) is 49.2. The van der Waals surface area contributed by atoms with Gasteiger partial charge in [-0.25, -0.2) is 4.57 Å². The smallest absolute Gasteiger partial charge is 0.462 e. The molecule has 10 heteroatoms. The minimum Gasteiger partial charge on any atom is -0.462 e. The summed E-state index contributed by atoms with van der Waals surface area (Å²) in [7, 11) is -4.40. The highest BCUT2D eigenvalue weighted by Gasteiger charge is 2.26. The highest BCUT2D eigenvalue weighted by molar-refractivity contribution is 7.47. The van der Waals surface area contributed by atoms with Crippen LogP contribution in [0.4, 0.5) is 0 Å². The average Bonchev–Trinajstić information content (AvgIpc) is 3.27. The van der Waals surface area contributed by atoms with Gasteiger partial charge in [0, 0.05) is 19.4 Å². The first-order valence-corrected chi connectivity index (χ1v) is 27.6. The molecule has 3 N–H and O–H groups in total. The molecule has 0 heterocycles. The van der Waals surface area contributed by atoms with Crippen molar-refractivity contribution in [2.75, 3.05) is 26.4 Å². The Labute approximate surface area is 387 Å². The summed E-state index contributed by atoms with van der Waals surface area (Å²) < 4.78 is 32.8. The number of carbonyl (C=O) groups excluding carboxylic acids is 2. The van der Waals surface area contributed by atoms with Crippen LogP contribution in [0.15, 0.2) is 48.6 Å². The van der Waals surface area contributed by atoms with E-state index in [0.717, 1.165) is 44.9 Å². The Hall–Kier alpha value is -2.03. The predicted molar refractivity (Wildman–Crippen MR) is 266 cm³/mol. The van der Waals surface area contributed by atoms with Crippen LogP contribution in [0.2, 0.25) is 0 Å². The van der Waals surface area contributed by atoms with Crippen molar-refractivity contribution < 1.29 is 37.6 Å². The van der Waals surface area contributed by atoms with Crippen molar-refractivity contribution in [3.05, 3.63) is 48.6 Å². The summed E-state index contributed by atoms with van der Waals surface area (Å²) in [5.41, 5.74) is 5.35. The zero-order chi connectivity index (χ0) is 46.0. The average molecular weight is 908 g/mol. The first kappa shape index (κ1) is 61.0. The maximum atomic E-state index is 12.5. The number of nitrogens with two attached hydrogens (primary N) is 1. The van der Waals surface area contributed by atoms with Crippen LogP contribution in [0, 0.1) is 0 Å². The number of hydrogen-bond donors (Lipinski definition) is 2. The van der Waals surface area contributed by atoms with Gasteiger partial charge in [-0.15, -0.1) is 0 Å². The molecule has 0 aromatic rings. The zero-order valence-electron chi connectivity index (χ0n) is 40.8. The number of carbonyl (C=O) groups is 2. The van der Waals surface area contributed by atoms with E-state index >= 15 is 0 Å². The van der Waals surface area contributed by atoms with Crippen LogP contribution in [0.1, 0.15) is 245 Å². The third-order valence-corrected chi connectivity index (χ3v) is 12.2. The van der Waals surface area contributed by atoms with Gasteiger partial charge in [-0.1, -0.05) is 242 Å². The molecular formula is C53H98NO8P. The fourth-order valence-electron chi connectivity index (χ4n) is 7.42. The SMILES string of the molecule is CC/C=C\C/C=C\C/C=C\C/C=C\CCC(=O)OC(COC(=O)CCCCCCCCCCCCCCCCCCCCCCCCCCCCCCC)COP(=O)(O)OCCN. The molecule has 2 unspecified atom stereocenters. The summed E-state index contributed by atoms with van der Waals surface area (Å²) >= 11 is 0. The van der Waals surface area contributed by atoms with Gasteiger partial charge in [-0.3, -0.25) is 18.6 Å². The minimum atomic E-state index is -4.40. The van der Waals surface area contributed by atoms with E-state index in [2.05, 4.69) is 50.3 Å². The molecule has 0 radical (unpaired) electrons. The van der Waals surface area contributed by atoms with E-state index in [1.54, 1.807) is 0 Å². The molecule has 368 valence electrons. The molecule has 0 fully saturated rings. The summed E-state index contributed by atoms with van der Waals surface area (Å²) in [6.45, 7) is 3.56. The van der Waals surface area contributed by atoms with E-state index in [4.69, 9.17) is 24.3 Å². The predicted octanol–water partition coefficient (Wildman–Crippen LogP) is 15.8. The number of phosphoric acid groups is 1. The number of rotatable bonds is 49. The molecule has 0 rings (SSSR count). The number of hydrogen-bond acceptors (Lipinski definition) is 8. The molecule has 0 aliphatic heterocycles. The van der Waals surface area contributed by atoms with E-state index in [1.165, 1.54) is 167 Å². The first-order valence-electron chi connectivity index (χ1n) is 26.1. The lowest BCUT2D eigenvalue weighted by Crippen LogP contribution is -2.29. The Morgan fingerprint density at radius 3 is 1.27 bits per heavy atom. The van der Waals surface area contributed by atoms with Crippen LogP contribution in [0.25, 0.3) is 0 Å². The Morgan fingerprint density at radius 2 is 0.873 bits per heavy atom. The van der Waals surface area contributed by atoms with E-state index in [1.807, 2.05) is 12.2 Å². The molecule has 9 nitrogen and oxygen atoms in total. The molecule has 2 atom stereocenters. The Morgan fingerprint density at radius 1 is 0.492 bits per heavy atom. The highest BCUT2D eigenvalue weighted by atomic mass is 31.2. The first-order chi connectivity index (χ1) is 30.8. The number of esters is 2. The minimum absolute atomic E-state index is 0.0426. The molecule has 0 bridgehead atoms. The van der Waals surface area contributed by atoms with Crippen molar-refractivity contribution in [1.29, 1.82) is 0 Å². The topological polar surface area (TPSA) is 134 Å². The monoisotopic (exact) mass is 908 g/mol. The van der Waals surface area contributed by atoms with Gasteiger partial charge in [0.05, 0.1) is 13.2 Å². The second kappa shape index (κ2) is 49.4. The van der Waals surface area contributed by atoms with Crippen molar-refractivity contribution in [3.8, 4) is 0 Å². The van der Waals surface area contributed by atoms with Gasteiger partial charge < -0.3 is 20.1 Å². The number of phosphoric ester groups is 1. The van der Waals surface area contributed by atoms with Gasteiger partial charge in [-0.2, -0.15) is 0 Å². The molecule has 0 spiro atoms. The number of unbranched alkanes of at least 4 members (excludes halogenated alkanes) is 28. The summed E-state index contributed by atoms with van der Waals surface area (Å²) in [4.78, 5) is 34.9. The van der Waals surface area contributed by atoms with Crippen LogP contribution in [0.3, 0.4) is 0 Å². The number of ether oxygens (including phenoxy) is 2. The fourth-order valence-corrected chi connectivity index (χ4v) is 8.18. The molecule has 0 amide bonds. The molecule has 0 aromatic heterocycles. The second-order valence-corrected chi connectivity index (χ2v) is 18.8.